The summed E-state index contributed by atoms with van der Waals surface area (Å²) in [5.41, 5.74) is 0. The van der Waals surface area contributed by atoms with Gasteiger partial charge in [-0.3, -0.25) is 4.99 Å². The van der Waals surface area contributed by atoms with Gasteiger partial charge >= 0.3 is 6.18 Å². The third-order valence-corrected chi connectivity index (χ3v) is 1.51. The molecule has 1 atom stereocenters. The van der Waals surface area contributed by atoms with Crippen LogP contribution in [0.25, 0.3) is 0 Å². The van der Waals surface area contributed by atoms with Gasteiger partial charge in [0, 0.05) is 6.54 Å². The Balaban J connectivity index is 2.34. The maximum Gasteiger partial charge on any atom is 0.391 e. The largest absolute Gasteiger partial charge is 0.391 e. The Hall–Kier alpha value is -0.810. The van der Waals surface area contributed by atoms with E-state index in [1.165, 1.54) is 0 Å². The summed E-state index contributed by atoms with van der Waals surface area (Å²) in [4.78, 5) is 4.62. The van der Waals surface area contributed by atoms with Crippen LogP contribution in [-0.2, 0) is 0 Å². The van der Waals surface area contributed by atoms with Gasteiger partial charge in [-0.25, -0.2) is 4.39 Å². The molecule has 0 aromatic rings. The molecular weight excluding hydrogens is 176 g/mol. The van der Waals surface area contributed by atoms with E-state index < -0.39 is 25.4 Å². The van der Waals surface area contributed by atoms with Crippen molar-refractivity contribution >= 4 is 6.34 Å². The lowest BCUT2D eigenvalue weighted by atomic mass is 10.2. The lowest BCUT2D eigenvalue weighted by molar-refractivity contribution is -0.137. The Morgan fingerprint density at radius 2 is 2.17 bits per heavy atom. The molecule has 0 saturated heterocycles. The van der Waals surface area contributed by atoms with Crippen LogP contribution in [0.4, 0.5) is 17.6 Å². The van der Waals surface area contributed by atoms with Gasteiger partial charge < -0.3 is 4.90 Å². The van der Waals surface area contributed by atoms with Crippen LogP contribution in [0, 0.1) is 0 Å². The van der Waals surface area contributed by atoms with E-state index >= 15 is 0 Å². The molecule has 1 aliphatic heterocycles. The summed E-state index contributed by atoms with van der Waals surface area (Å²) in [5.74, 6) is 0. The second-order valence-electron chi connectivity index (χ2n) is 2.63. The van der Waals surface area contributed by atoms with Crippen molar-refractivity contribution in [2.45, 2.75) is 18.6 Å². The molecule has 6 heteroatoms. The van der Waals surface area contributed by atoms with Crippen molar-refractivity contribution in [3.63, 3.8) is 0 Å². The Bertz CT molecular complexity index is 177. The minimum Gasteiger partial charge on any atom is -0.333 e. The summed E-state index contributed by atoms with van der Waals surface area (Å²) >= 11 is 0. The number of rotatable bonds is 2. The van der Waals surface area contributed by atoms with Gasteiger partial charge in [0.2, 0.25) is 0 Å². The van der Waals surface area contributed by atoms with Crippen molar-refractivity contribution in [3.8, 4) is 0 Å². The molecular formula is C6H8F4N2. The monoisotopic (exact) mass is 184 g/mol. The first-order valence-corrected chi connectivity index (χ1v) is 3.41. The zero-order chi connectivity index (χ0) is 9.19. The fraction of sp³-hybridized carbons (Fsp3) is 0.833. The van der Waals surface area contributed by atoms with Crippen LogP contribution in [0.2, 0.25) is 0 Å². The average molecular weight is 184 g/mol. The van der Waals surface area contributed by atoms with Gasteiger partial charge in [0.25, 0.3) is 0 Å². The van der Waals surface area contributed by atoms with E-state index in [1.54, 1.807) is 0 Å². The lowest BCUT2D eigenvalue weighted by Gasteiger charge is -2.12. The van der Waals surface area contributed by atoms with Crippen molar-refractivity contribution in [1.29, 1.82) is 0 Å². The molecule has 1 aliphatic rings. The Morgan fingerprint density at radius 1 is 1.50 bits per heavy atom. The minimum atomic E-state index is -4.21. The molecule has 0 saturated carbocycles. The van der Waals surface area contributed by atoms with Gasteiger partial charge in [-0.05, 0) is 0 Å². The van der Waals surface area contributed by atoms with Crippen molar-refractivity contribution in [3.05, 3.63) is 0 Å². The van der Waals surface area contributed by atoms with E-state index in [4.69, 9.17) is 0 Å². The smallest absolute Gasteiger partial charge is 0.333 e. The zero-order valence-corrected chi connectivity index (χ0v) is 6.18. The maximum atomic E-state index is 11.9. The Morgan fingerprint density at radius 3 is 2.58 bits per heavy atom. The first kappa shape index (κ1) is 9.28. The minimum absolute atomic E-state index is 0.0238. The molecule has 0 aromatic carbocycles. The van der Waals surface area contributed by atoms with E-state index in [-0.39, 0.29) is 6.54 Å². The van der Waals surface area contributed by atoms with Crippen LogP contribution >= 0.6 is 0 Å². The Labute approximate surface area is 66.9 Å². The second-order valence-corrected chi connectivity index (χ2v) is 2.63. The molecule has 0 N–H and O–H groups in total. The third-order valence-electron chi connectivity index (χ3n) is 1.51. The number of halogens is 4. The first-order valence-electron chi connectivity index (χ1n) is 3.41. The summed E-state index contributed by atoms with van der Waals surface area (Å²) in [6, 6.07) is -0.833. The summed E-state index contributed by atoms with van der Waals surface area (Å²) in [6.07, 6.45) is -4.06. The van der Waals surface area contributed by atoms with Gasteiger partial charge in [0.1, 0.15) is 0 Å². The standard InChI is InChI=1S/C6H8F4N2/c7-3-12-2-5(11-4-12)1-6(8,9)10/h4-5H,1-3H2. The summed E-state index contributed by atoms with van der Waals surface area (Å²) in [7, 11) is 0. The molecule has 1 unspecified atom stereocenters. The fourth-order valence-corrected chi connectivity index (χ4v) is 1.02. The Kier molecular flexibility index (Phi) is 2.54. The van der Waals surface area contributed by atoms with E-state index in [9.17, 15) is 17.6 Å². The summed E-state index contributed by atoms with van der Waals surface area (Å²) in [6.45, 7) is -0.756. The van der Waals surface area contributed by atoms with E-state index in [0.717, 1.165) is 11.2 Å². The molecule has 0 amide bonds. The molecule has 0 aromatic heterocycles. The topological polar surface area (TPSA) is 15.6 Å². The molecule has 12 heavy (non-hydrogen) atoms. The molecule has 0 aliphatic carbocycles. The van der Waals surface area contributed by atoms with E-state index in [0.29, 0.717) is 0 Å². The molecule has 0 spiro atoms. The maximum absolute atomic E-state index is 11.9. The van der Waals surface area contributed by atoms with E-state index in [1.807, 2.05) is 0 Å². The number of alkyl halides is 4. The van der Waals surface area contributed by atoms with Gasteiger partial charge in [-0.1, -0.05) is 0 Å². The highest BCUT2D eigenvalue weighted by molar-refractivity contribution is 5.57. The van der Waals surface area contributed by atoms with Gasteiger partial charge in [-0.15, -0.1) is 0 Å². The highest BCUT2D eigenvalue weighted by Crippen LogP contribution is 2.24. The number of aliphatic imine (C=N–C) groups is 1. The predicted molar refractivity (Wildman–Crippen MR) is 35.6 cm³/mol. The van der Waals surface area contributed by atoms with Crippen LogP contribution in [0.15, 0.2) is 4.99 Å². The number of nitrogens with zero attached hydrogens (tertiary/aromatic N) is 2. The van der Waals surface area contributed by atoms with Gasteiger partial charge in [-0.2, -0.15) is 13.2 Å². The SMILES string of the molecule is FCN1C=NC(CC(F)(F)F)C1. The van der Waals surface area contributed by atoms with Gasteiger partial charge in [0.05, 0.1) is 18.8 Å². The zero-order valence-electron chi connectivity index (χ0n) is 6.18. The van der Waals surface area contributed by atoms with Crippen LogP contribution in [0.1, 0.15) is 6.42 Å². The molecule has 1 rings (SSSR count). The van der Waals surface area contributed by atoms with Crippen molar-refractivity contribution < 1.29 is 17.6 Å². The molecule has 0 radical (unpaired) electrons. The predicted octanol–water partition coefficient (Wildman–Crippen LogP) is 1.58. The molecule has 2 nitrogen and oxygen atoms in total. The van der Waals surface area contributed by atoms with Crippen molar-refractivity contribution in [2.24, 2.45) is 4.99 Å². The highest BCUT2D eigenvalue weighted by Gasteiger charge is 2.33. The van der Waals surface area contributed by atoms with Crippen molar-refractivity contribution in [1.82, 2.24) is 4.90 Å². The number of hydrogen-bond donors (Lipinski definition) is 0. The summed E-state index contributed by atoms with van der Waals surface area (Å²) in [5, 5.41) is 0. The second kappa shape index (κ2) is 3.28. The van der Waals surface area contributed by atoms with Crippen LogP contribution < -0.4 is 0 Å². The van der Waals surface area contributed by atoms with Crippen LogP contribution in [-0.4, -0.2) is 36.8 Å². The molecule has 0 bridgehead atoms. The lowest BCUT2D eigenvalue weighted by Crippen LogP contribution is -2.26. The van der Waals surface area contributed by atoms with Crippen LogP contribution in [0.3, 0.4) is 0 Å². The molecule has 0 fully saturated rings. The fourth-order valence-electron chi connectivity index (χ4n) is 1.02. The molecule has 1 heterocycles. The normalized spacial score (nSPS) is 23.7. The van der Waals surface area contributed by atoms with Crippen molar-refractivity contribution in [2.75, 3.05) is 13.3 Å². The average Bonchev–Trinajstić information content (AvgIpc) is 2.32. The first-order chi connectivity index (χ1) is 5.51. The quantitative estimate of drug-likeness (QED) is 0.470. The number of hydrogen-bond acceptors (Lipinski definition) is 2. The van der Waals surface area contributed by atoms with E-state index in [2.05, 4.69) is 4.99 Å². The van der Waals surface area contributed by atoms with Crippen LogP contribution in [0.5, 0.6) is 0 Å². The molecule has 70 valence electrons. The summed E-state index contributed by atoms with van der Waals surface area (Å²) < 4.78 is 47.1. The highest BCUT2D eigenvalue weighted by atomic mass is 19.4. The van der Waals surface area contributed by atoms with Gasteiger partial charge in [0.15, 0.2) is 6.80 Å². The third kappa shape index (κ3) is 2.67.